The molecule has 0 aromatic heterocycles. The Morgan fingerprint density at radius 3 is 2.48 bits per heavy atom. The van der Waals surface area contributed by atoms with Crippen molar-refractivity contribution in [2.24, 2.45) is 0 Å². The lowest BCUT2D eigenvalue weighted by Gasteiger charge is -2.30. The van der Waals surface area contributed by atoms with Crippen molar-refractivity contribution in [2.75, 3.05) is 19.3 Å². The maximum absolute atomic E-state index is 12.2. The van der Waals surface area contributed by atoms with Crippen LogP contribution in [0.2, 0.25) is 0 Å². The van der Waals surface area contributed by atoms with Gasteiger partial charge in [0.2, 0.25) is 10.0 Å². The van der Waals surface area contributed by atoms with Crippen molar-refractivity contribution < 1.29 is 17.9 Å². The van der Waals surface area contributed by atoms with E-state index in [0.29, 0.717) is 32.5 Å². The monoisotopic (exact) mass is 395 g/mol. The van der Waals surface area contributed by atoms with Crippen molar-refractivity contribution >= 4 is 16.1 Å². The Balaban J connectivity index is 1.46. The Kier molecular flexibility index (Phi) is 6.59. The Labute approximate surface area is 161 Å². The van der Waals surface area contributed by atoms with Gasteiger partial charge in [0.25, 0.3) is 0 Å². The Hall–Kier alpha value is -1.80. The minimum atomic E-state index is -3.15. The van der Waals surface area contributed by atoms with Gasteiger partial charge in [-0.3, -0.25) is 0 Å². The molecule has 2 amide bonds. The van der Waals surface area contributed by atoms with E-state index in [1.165, 1.54) is 23.4 Å². The summed E-state index contributed by atoms with van der Waals surface area (Å²) in [5.74, 6) is 0.839. The molecule has 1 aliphatic heterocycles. The van der Waals surface area contributed by atoms with Gasteiger partial charge in [-0.15, -0.1) is 0 Å². The number of amides is 2. The van der Waals surface area contributed by atoms with Crippen LogP contribution in [0.3, 0.4) is 0 Å². The lowest BCUT2D eigenvalue weighted by atomic mass is 10.1. The van der Waals surface area contributed by atoms with Crippen molar-refractivity contribution in [2.45, 2.75) is 57.2 Å². The van der Waals surface area contributed by atoms with E-state index in [2.05, 4.69) is 10.6 Å². The van der Waals surface area contributed by atoms with Gasteiger partial charge >= 0.3 is 6.03 Å². The molecule has 3 rings (SSSR count). The third-order valence-electron chi connectivity index (χ3n) is 5.27. The highest BCUT2D eigenvalue weighted by Gasteiger charge is 2.25. The average Bonchev–Trinajstić information content (AvgIpc) is 3.14. The van der Waals surface area contributed by atoms with Gasteiger partial charge in [0.15, 0.2) is 0 Å². The number of piperidine rings is 1. The minimum Gasteiger partial charge on any atom is -0.490 e. The van der Waals surface area contributed by atoms with E-state index in [-0.39, 0.29) is 18.2 Å². The number of ether oxygens (including phenoxy) is 1. The van der Waals surface area contributed by atoms with Crippen LogP contribution in [0.4, 0.5) is 4.79 Å². The Bertz CT molecular complexity index is 739. The summed E-state index contributed by atoms with van der Waals surface area (Å²) in [6, 6.07) is 7.57. The van der Waals surface area contributed by atoms with Crippen molar-refractivity contribution in [3.8, 4) is 5.75 Å². The number of nitrogens with one attached hydrogen (secondary N) is 2. The molecule has 1 saturated carbocycles. The van der Waals surface area contributed by atoms with Gasteiger partial charge in [-0.1, -0.05) is 18.2 Å². The lowest BCUT2D eigenvalue weighted by Crippen LogP contribution is -2.48. The standard InChI is InChI=1S/C19H29N3O4S/c1-27(24,25)22-12-10-16(11-13-22)21-19(23)20-14-15-6-2-5-9-18(15)26-17-7-3-4-8-17/h2,5-6,9,16-17H,3-4,7-8,10-14H2,1H3,(H2,20,21,23). The van der Waals surface area contributed by atoms with E-state index in [1.807, 2.05) is 24.3 Å². The minimum absolute atomic E-state index is 0.00650. The molecule has 0 bridgehead atoms. The van der Waals surface area contributed by atoms with Crippen LogP contribution in [0.15, 0.2) is 24.3 Å². The van der Waals surface area contributed by atoms with Crippen molar-refractivity contribution in [1.82, 2.24) is 14.9 Å². The molecule has 1 aromatic rings. The molecule has 150 valence electrons. The third-order valence-corrected chi connectivity index (χ3v) is 6.57. The number of para-hydroxylation sites is 1. The fourth-order valence-electron chi connectivity index (χ4n) is 3.69. The van der Waals surface area contributed by atoms with Gasteiger partial charge in [-0.25, -0.2) is 17.5 Å². The first-order valence-electron chi connectivity index (χ1n) is 9.66. The number of hydrogen-bond acceptors (Lipinski definition) is 4. The molecule has 1 aromatic carbocycles. The van der Waals surface area contributed by atoms with Gasteiger partial charge in [0.05, 0.1) is 12.4 Å². The quantitative estimate of drug-likeness (QED) is 0.773. The van der Waals surface area contributed by atoms with E-state index in [1.54, 1.807) is 0 Å². The number of rotatable bonds is 6. The molecule has 7 nitrogen and oxygen atoms in total. The molecular formula is C19H29N3O4S. The summed E-state index contributed by atoms with van der Waals surface area (Å²) in [6.45, 7) is 1.29. The molecular weight excluding hydrogens is 366 g/mol. The van der Waals surface area contributed by atoms with Crippen molar-refractivity contribution in [3.05, 3.63) is 29.8 Å². The smallest absolute Gasteiger partial charge is 0.315 e. The van der Waals surface area contributed by atoms with Crippen molar-refractivity contribution in [1.29, 1.82) is 0 Å². The summed E-state index contributed by atoms with van der Waals surface area (Å²) in [6.07, 6.45) is 7.36. The topological polar surface area (TPSA) is 87.7 Å². The molecule has 1 saturated heterocycles. The zero-order valence-electron chi connectivity index (χ0n) is 15.8. The number of benzene rings is 1. The first-order valence-corrected chi connectivity index (χ1v) is 11.5. The second-order valence-corrected chi connectivity index (χ2v) is 9.38. The number of nitrogens with zero attached hydrogens (tertiary/aromatic N) is 1. The van der Waals surface area contributed by atoms with Crippen LogP contribution in [0.5, 0.6) is 5.75 Å². The second kappa shape index (κ2) is 8.93. The van der Waals surface area contributed by atoms with Crippen LogP contribution in [0.25, 0.3) is 0 Å². The highest BCUT2D eigenvalue weighted by molar-refractivity contribution is 7.88. The molecule has 27 heavy (non-hydrogen) atoms. The van der Waals surface area contributed by atoms with Crippen LogP contribution in [-0.4, -0.2) is 50.2 Å². The van der Waals surface area contributed by atoms with Crippen LogP contribution in [0.1, 0.15) is 44.1 Å². The predicted molar refractivity (Wildman–Crippen MR) is 104 cm³/mol. The predicted octanol–water partition coefficient (Wildman–Crippen LogP) is 2.23. The first kappa shape index (κ1) is 19.9. The number of urea groups is 1. The molecule has 2 N–H and O–H groups in total. The Morgan fingerprint density at radius 2 is 1.81 bits per heavy atom. The van der Waals surface area contributed by atoms with E-state index < -0.39 is 10.0 Å². The van der Waals surface area contributed by atoms with Crippen LogP contribution in [-0.2, 0) is 16.6 Å². The maximum atomic E-state index is 12.2. The largest absolute Gasteiger partial charge is 0.490 e. The molecule has 0 spiro atoms. The van der Waals surface area contributed by atoms with Crippen LogP contribution in [0, 0.1) is 0 Å². The fraction of sp³-hybridized carbons (Fsp3) is 0.632. The van der Waals surface area contributed by atoms with Gasteiger partial charge in [-0.05, 0) is 44.6 Å². The van der Waals surface area contributed by atoms with E-state index in [4.69, 9.17) is 4.74 Å². The normalized spacial score (nSPS) is 19.7. The highest BCUT2D eigenvalue weighted by Crippen LogP contribution is 2.26. The van der Waals surface area contributed by atoms with Crippen LogP contribution < -0.4 is 15.4 Å². The molecule has 8 heteroatoms. The third kappa shape index (κ3) is 5.84. The summed E-state index contributed by atoms with van der Waals surface area (Å²) in [5.41, 5.74) is 0.964. The van der Waals surface area contributed by atoms with E-state index in [0.717, 1.165) is 24.2 Å². The molecule has 0 radical (unpaired) electrons. The van der Waals surface area contributed by atoms with Crippen LogP contribution >= 0.6 is 0 Å². The highest BCUT2D eigenvalue weighted by atomic mass is 32.2. The van der Waals surface area contributed by atoms with E-state index >= 15 is 0 Å². The Morgan fingerprint density at radius 1 is 1.15 bits per heavy atom. The molecule has 2 aliphatic rings. The maximum Gasteiger partial charge on any atom is 0.315 e. The van der Waals surface area contributed by atoms with Gasteiger partial charge < -0.3 is 15.4 Å². The van der Waals surface area contributed by atoms with Gasteiger partial charge in [0.1, 0.15) is 5.75 Å². The molecule has 1 aliphatic carbocycles. The molecule has 1 heterocycles. The zero-order valence-corrected chi connectivity index (χ0v) is 16.6. The first-order chi connectivity index (χ1) is 12.9. The summed E-state index contributed by atoms with van der Waals surface area (Å²) < 4.78 is 30.6. The lowest BCUT2D eigenvalue weighted by molar-refractivity contribution is 0.207. The van der Waals surface area contributed by atoms with Gasteiger partial charge in [-0.2, -0.15) is 0 Å². The summed E-state index contributed by atoms with van der Waals surface area (Å²) >= 11 is 0. The average molecular weight is 396 g/mol. The van der Waals surface area contributed by atoms with Crippen molar-refractivity contribution in [3.63, 3.8) is 0 Å². The van der Waals surface area contributed by atoms with E-state index in [9.17, 15) is 13.2 Å². The SMILES string of the molecule is CS(=O)(=O)N1CCC(NC(=O)NCc2ccccc2OC2CCCC2)CC1. The second-order valence-electron chi connectivity index (χ2n) is 7.40. The molecule has 0 atom stereocenters. The number of carbonyl (C=O) groups excluding carboxylic acids is 1. The fourth-order valence-corrected chi connectivity index (χ4v) is 4.57. The molecule has 0 unspecified atom stereocenters. The number of sulfonamides is 1. The zero-order chi connectivity index (χ0) is 19.3. The number of carbonyl (C=O) groups is 1. The van der Waals surface area contributed by atoms with Gasteiger partial charge in [0, 0.05) is 31.2 Å². The number of hydrogen-bond donors (Lipinski definition) is 2. The molecule has 2 fully saturated rings. The summed E-state index contributed by atoms with van der Waals surface area (Å²) in [5, 5.41) is 5.83. The summed E-state index contributed by atoms with van der Waals surface area (Å²) in [7, 11) is -3.15. The summed E-state index contributed by atoms with van der Waals surface area (Å²) in [4.78, 5) is 12.2.